The first-order valence-corrected chi connectivity index (χ1v) is 9.01. The molecule has 0 aliphatic heterocycles. The smallest absolute Gasteiger partial charge is 0.190 e. The van der Waals surface area contributed by atoms with Gasteiger partial charge in [-0.2, -0.15) is 0 Å². The van der Waals surface area contributed by atoms with Gasteiger partial charge in [0.15, 0.2) is 5.78 Å². The van der Waals surface area contributed by atoms with Gasteiger partial charge in [-0.05, 0) is 60.5 Å². The van der Waals surface area contributed by atoms with Crippen molar-refractivity contribution in [2.45, 2.75) is 64.8 Å². The molecule has 0 amide bonds. The molecular weight excluding hydrogens is 304 g/mol. The van der Waals surface area contributed by atoms with E-state index in [1.807, 2.05) is 13.0 Å². The number of allylic oxidation sites excluding steroid dienone is 1. The van der Waals surface area contributed by atoms with Crippen LogP contribution in [-0.4, -0.2) is 38.9 Å². The largest absolute Gasteiger partial charge is 0.392 e. The molecule has 0 bridgehead atoms. The predicted octanol–water partition coefficient (Wildman–Crippen LogP) is 2.23. The number of carbonyl (C=O) groups excluding carboxylic acids is 1. The zero-order valence-electron chi connectivity index (χ0n) is 15.1. The molecule has 0 spiro atoms. The molecule has 0 saturated heterocycles. The lowest BCUT2D eigenvalue weighted by atomic mass is 9.77. The van der Waals surface area contributed by atoms with E-state index in [9.17, 15) is 20.1 Å². The molecule has 24 heavy (non-hydrogen) atoms. The first-order valence-electron chi connectivity index (χ1n) is 9.01. The average molecular weight is 334 g/mol. The minimum atomic E-state index is -1.72. The molecule has 2 saturated carbocycles. The number of hydrogen-bond acceptors (Lipinski definition) is 4. The molecule has 0 unspecified atom stereocenters. The minimum Gasteiger partial charge on any atom is -0.392 e. The maximum atomic E-state index is 13.0. The zero-order valence-corrected chi connectivity index (χ0v) is 15.1. The van der Waals surface area contributed by atoms with E-state index in [1.54, 1.807) is 6.92 Å². The van der Waals surface area contributed by atoms with E-state index in [4.69, 9.17) is 0 Å². The summed E-state index contributed by atoms with van der Waals surface area (Å²) < 4.78 is 0. The number of rotatable bonds is 0. The standard InChI is InChI=1S/C20H30O4/c1-10-6-7-13-14(19(13,4)5)8-11(2)18(23)20(24)9-12(3)17(22)15(20)16(10)21/h8,12-17,21-22,24H,1,6-7,9H2,2-5H3/b11-8-/t12-,13+,14+,15-,16+,17-,20-/m0/s1. The second-order valence-corrected chi connectivity index (χ2v) is 8.90. The topological polar surface area (TPSA) is 77.8 Å². The van der Waals surface area contributed by atoms with Crippen molar-refractivity contribution in [2.75, 3.05) is 0 Å². The Bertz CT molecular complexity index is 605. The molecule has 7 atom stereocenters. The highest BCUT2D eigenvalue weighted by Gasteiger charge is 2.60. The van der Waals surface area contributed by atoms with Crippen LogP contribution < -0.4 is 0 Å². The van der Waals surface area contributed by atoms with Gasteiger partial charge in [-0.1, -0.05) is 33.4 Å². The Balaban J connectivity index is 2.04. The Labute approximate surface area is 144 Å². The number of hydrogen-bond donors (Lipinski definition) is 3. The molecule has 0 aromatic heterocycles. The van der Waals surface area contributed by atoms with Gasteiger partial charge in [0.1, 0.15) is 5.60 Å². The monoisotopic (exact) mass is 334 g/mol. The van der Waals surface area contributed by atoms with Gasteiger partial charge in [0.2, 0.25) is 0 Å². The minimum absolute atomic E-state index is 0.135. The van der Waals surface area contributed by atoms with Gasteiger partial charge in [0.05, 0.1) is 18.1 Å². The van der Waals surface area contributed by atoms with Crippen molar-refractivity contribution in [3.8, 4) is 0 Å². The molecule has 2 fully saturated rings. The molecule has 0 aromatic carbocycles. The Morgan fingerprint density at radius 3 is 2.54 bits per heavy atom. The first-order chi connectivity index (χ1) is 11.0. The molecule has 134 valence electrons. The van der Waals surface area contributed by atoms with Gasteiger partial charge in [-0.3, -0.25) is 4.79 Å². The lowest BCUT2D eigenvalue weighted by Gasteiger charge is -2.34. The fraction of sp³-hybridized carbons (Fsp3) is 0.750. The Morgan fingerprint density at radius 2 is 1.92 bits per heavy atom. The molecule has 0 heterocycles. The van der Waals surface area contributed by atoms with E-state index >= 15 is 0 Å². The second kappa shape index (κ2) is 5.52. The van der Waals surface area contributed by atoms with Crippen molar-refractivity contribution < 1.29 is 20.1 Å². The summed E-state index contributed by atoms with van der Waals surface area (Å²) in [6.45, 7) is 11.9. The van der Waals surface area contributed by atoms with Crippen molar-refractivity contribution in [3.05, 3.63) is 23.8 Å². The Morgan fingerprint density at radius 1 is 1.29 bits per heavy atom. The van der Waals surface area contributed by atoms with Crippen LogP contribution >= 0.6 is 0 Å². The summed E-state index contributed by atoms with van der Waals surface area (Å²) in [5.74, 6) is -0.729. The van der Waals surface area contributed by atoms with Crippen LogP contribution in [0.3, 0.4) is 0 Å². The summed E-state index contributed by atoms with van der Waals surface area (Å²) in [5, 5.41) is 32.4. The van der Waals surface area contributed by atoms with Crippen molar-refractivity contribution in [1.29, 1.82) is 0 Å². The van der Waals surface area contributed by atoms with Gasteiger partial charge in [-0.15, -0.1) is 0 Å². The van der Waals surface area contributed by atoms with Crippen LogP contribution in [0.25, 0.3) is 0 Å². The number of Topliss-reactive ketones (excluding diaryl/α,β-unsaturated/α-hetero) is 1. The van der Waals surface area contributed by atoms with Crippen molar-refractivity contribution >= 4 is 5.78 Å². The zero-order chi connectivity index (χ0) is 18.0. The number of aliphatic hydroxyl groups is 3. The van der Waals surface area contributed by atoms with Gasteiger partial charge >= 0.3 is 0 Å². The lowest BCUT2D eigenvalue weighted by Crippen LogP contribution is -2.50. The van der Waals surface area contributed by atoms with Gasteiger partial charge in [-0.25, -0.2) is 0 Å². The van der Waals surface area contributed by atoms with E-state index in [-0.39, 0.29) is 23.5 Å². The van der Waals surface area contributed by atoms with Crippen LogP contribution in [0.2, 0.25) is 0 Å². The van der Waals surface area contributed by atoms with E-state index in [2.05, 4.69) is 20.4 Å². The first kappa shape index (κ1) is 17.8. The van der Waals surface area contributed by atoms with E-state index in [0.29, 0.717) is 29.4 Å². The molecule has 3 rings (SSSR count). The molecule has 0 radical (unpaired) electrons. The molecular formula is C20H30O4. The molecule has 3 aliphatic carbocycles. The Kier molecular flexibility index (Phi) is 4.10. The third-order valence-corrected chi connectivity index (χ3v) is 6.99. The highest BCUT2D eigenvalue weighted by Crippen LogP contribution is 2.62. The summed E-state index contributed by atoms with van der Waals surface area (Å²) >= 11 is 0. The summed E-state index contributed by atoms with van der Waals surface area (Å²) in [6, 6.07) is 0. The van der Waals surface area contributed by atoms with Crippen molar-refractivity contribution in [1.82, 2.24) is 0 Å². The highest BCUT2D eigenvalue weighted by molar-refractivity contribution is 6.02. The quantitative estimate of drug-likeness (QED) is 0.594. The second-order valence-electron chi connectivity index (χ2n) is 8.90. The fourth-order valence-corrected chi connectivity index (χ4v) is 5.17. The fourth-order valence-electron chi connectivity index (χ4n) is 5.17. The van der Waals surface area contributed by atoms with Gasteiger partial charge in [0.25, 0.3) is 0 Å². The highest BCUT2D eigenvalue weighted by atomic mass is 16.3. The number of carbonyl (C=O) groups is 1. The Hall–Kier alpha value is -0.970. The third-order valence-electron chi connectivity index (χ3n) is 6.99. The van der Waals surface area contributed by atoms with Crippen LogP contribution in [0, 0.1) is 29.1 Å². The summed E-state index contributed by atoms with van der Waals surface area (Å²) in [6.07, 6.45) is 1.75. The molecule has 0 aromatic rings. The van der Waals surface area contributed by atoms with E-state index in [1.165, 1.54) is 0 Å². The summed E-state index contributed by atoms with van der Waals surface area (Å²) in [7, 11) is 0. The van der Waals surface area contributed by atoms with Gasteiger partial charge in [0, 0.05) is 0 Å². The molecule has 3 aliphatic rings. The van der Waals surface area contributed by atoms with Crippen molar-refractivity contribution in [2.24, 2.45) is 29.1 Å². The van der Waals surface area contributed by atoms with Crippen LogP contribution in [0.4, 0.5) is 0 Å². The van der Waals surface area contributed by atoms with E-state index in [0.717, 1.165) is 6.42 Å². The predicted molar refractivity (Wildman–Crippen MR) is 92.1 cm³/mol. The summed E-state index contributed by atoms with van der Waals surface area (Å²) in [5.41, 5.74) is -0.429. The van der Waals surface area contributed by atoms with Crippen molar-refractivity contribution in [3.63, 3.8) is 0 Å². The lowest BCUT2D eigenvalue weighted by molar-refractivity contribution is -0.144. The van der Waals surface area contributed by atoms with Crippen LogP contribution in [0.5, 0.6) is 0 Å². The van der Waals surface area contributed by atoms with E-state index < -0.39 is 23.7 Å². The maximum Gasteiger partial charge on any atom is 0.190 e. The molecule has 4 heteroatoms. The summed E-state index contributed by atoms with van der Waals surface area (Å²) in [4.78, 5) is 13.0. The third kappa shape index (κ3) is 2.42. The number of fused-ring (bicyclic) bond motifs is 2. The van der Waals surface area contributed by atoms with Crippen LogP contribution in [0.15, 0.2) is 23.8 Å². The normalized spacial score (nSPS) is 50.4. The SMILES string of the molecule is C=C1CC[C@@H]2[C@@H](/C=C(/C)C(=O)[C@]3(O)C[C@H](C)[C@H](O)[C@@H]3[C@@H]1O)C2(C)C. The van der Waals surface area contributed by atoms with Gasteiger partial charge < -0.3 is 15.3 Å². The average Bonchev–Trinajstić information content (AvgIpc) is 2.91. The number of ketones is 1. The maximum absolute atomic E-state index is 13.0. The number of aliphatic hydroxyl groups excluding tert-OH is 2. The molecule has 4 nitrogen and oxygen atoms in total. The van der Waals surface area contributed by atoms with Crippen LogP contribution in [-0.2, 0) is 4.79 Å². The molecule has 3 N–H and O–H groups in total. The van der Waals surface area contributed by atoms with Crippen LogP contribution in [0.1, 0.15) is 47.0 Å².